The van der Waals surface area contributed by atoms with E-state index in [0.717, 1.165) is 27.9 Å². The minimum Gasteiger partial charge on any atom is -0.508 e. The summed E-state index contributed by atoms with van der Waals surface area (Å²) in [6, 6.07) is 31.8. The van der Waals surface area contributed by atoms with Crippen LogP contribution < -0.4 is 9.80 Å². The summed E-state index contributed by atoms with van der Waals surface area (Å²) in [7, 11) is 3.65. The second-order valence-corrected chi connectivity index (χ2v) is 18.6. The lowest BCUT2D eigenvalue weighted by Gasteiger charge is -2.36. The Bertz CT molecular complexity index is 3000. The number of hydrogen-bond acceptors (Lipinski definition) is 7. The molecule has 3 amide bonds. The number of anilines is 3. The van der Waals surface area contributed by atoms with Crippen LogP contribution in [0.5, 0.6) is 5.75 Å². The molecule has 0 spiro atoms. The van der Waals surface area contributed by atoms with Crippen LogP contribution in [0.25, 0.3) is 11.3 Å². The van der Waals surface area contributed by atoms with Crippen molar-refractivity contribution in [1.29, 1.82) is 5.26 Å². The largest absolute Gasteiger partial charge is 0.508 e. The number of aromatic nitrogens is 2. The van der Waals surface area contributed by atoms with Gasteiger partial charge in [0.1, 0.15) is 17.5 Å². The molecule has 3 aliphatic heterocycles. The molecule has 1 atom stereocenters. The van der Waals surface area contributed by atoms with Gasteiger partial charge in [-0.15, -0.1) is 0 Å². The van der Waals surface area contributed by atoms with E-state index in [1.54, 1.807) is 34.7 Å². The number of carbonyl (C=O) groups is 3. The fourth-order valence-electron chi connectivity index (χ4n) is 10.1. The number of amides is 3. The third-order valence-electron chi connectivity index (χ3n) is 14.4. The standard InChI is InChI=1S/C54H55F3N8O4/c1-34-24-38-8-6-7-9-40(38)32-64(34)52(68)48-27-41-31-63(51(67)25-37-10-12-42(13-11-37)62-22-20-61(21-23-62)33-54(55,56)57)19-18-39(41)26-47(48)50-29-46(35(2)60(50)5)53(69)65(43-14-16-45(66)17-15-43)49-28-44(30-58)59(4)36(49)3/h6-17,26-29,34,66H,18-25,31-33H2,1-5H3/t34-/m1/s1. The van der Waals surface area contributed by atoms with Crippen molar-refractivity contribution >= 4 is 34.8 Å². The first-order chi connectivity index (χ1) is 33.0. The topological polar surface area (TPSA) is 121 Å². The second-order valence-electron chi connectivity index (χ2n) is 18.6. The zero-order valence-corrected chi connectivity index (χ0v) is 39.5. The lowest BCUT2D eigenvalue weighted by Crippen LogP contribution is -2.49. The first-order valence-corrected chi connectivity index (χ1v) is 23.3. The fourth-order valence-corrected chi connectivity index (χ4v) is 10.1. The zero-order chi connectivity index (χ0) is 48.9. The highest BCUT2D eigenvalue weighted by Gasteiger charge is 2.35. The number of carbonyl (C=O) groups excluding carboxylic acids is 3. The van der Waals surface area contributed by atoms with Gasteiger partial charge in [0.05, 0.1) is 24.2 Å². The Balaban J connectivity index is 1.02. The summed E-state index contributed by atoms with van der Waals surface area (Å²) in [4.78, 5) is 53.0. The van der Waals surface area contributed by atoms with Gasteiger partial charge in [-0.05, 0) is 122 Å². The first-order valence-electron chi connectivity index (χ1n) is 23.3. The van der Waals surface area contributed by atoms with Crippen LogP contribution in [0.4, 0.5) is 30.2 Å². The van der Waals surface area contributed by atoms with Crippen molar-refractivity contribution in [3.63, 3.8) is 0 Å². The quantitative estimate of drug-likeness (QED) is 0.154. The van der Waals surface area contributed by atoms with Gasteiger partial charge >= 0.3 is 6.18 Å². The second kappa shape index (κ2) is 18.6. The smallest absolute Gasteiger partial charge is 0.401 e. The molecular formula is C54H55F3N8O4. The molecule has 5 heterocycles. The number of alkyl halides is 3. The first kappa shape index (κ1) is 46.8. The average molecular weight is 937 g/mol. The Morgan fingerprint density at radius 2 is 1.48 bits per heavy atom. The van der Waals surface area contributed by atoms with Crippen LogP contribution in [0.2, 0.25) is 0 Å². The molecule has 0 unspecified atom stereocenters. The molecule has 4 aromatic carbocycles. The molecule has 15 heteroatoms. The molecule has 0 saturated carbocycles. The summed E-state index contributed by atoms with van der Waals surface area (Å²) in [5.41, 5.74) is 10.9. The van der Waals surface area contributed by atoms with Crippen molar-refractivity contribution in [2.24, 2.45) is 14.1 Å². The van der Waals surface area contributed by atoms with E-state index in [4.69, 9.17) is 0 Å². The summed E-state index contributed by atoms with van der Waals surface area (Å²) >= 11 is 0. The summed E-state index contributed by atoms with van der Waals surface area (Å²) in [6.45, 7) is 7.69. The van der Waals surface area contributed by atoms with Crippen LogP contribution in [0.15, 0.2) is 97.1 Å². The van der Waals surface area contributed by atoms with Crippen molar-refractivity contribution in [3.05, 3.63) is 153 Å². The number of rotatable bonds is 9. The Morgan fingerprint density at radius 3 is 2.14 bits per heavy atom. The van der Waals surface area contributed by atoms with E-state index in [-0.39, 0.29) is 35.9 Å². The van der Waals surface area contributed by atoms with Crippen LogP contribution >= 0.6 is 0 Å². The van der Waals surface area contributed by atoms with E-state index < -0.39 is 12.7 Å². The van der Waals surface area contributed by atoms with Gasteiger partial charge in [-0.3, -0.25) is 24.2 Å². The maximum Gasteiger partial charge on any atom is 0.401 e. The lowest BCUT2D eigenvalue weighted by atomic mass is 9.89. The van der Waals surface area contributed by atoms with Crippen LogP contribution in [-0.4, -0.2) is 98.1 Å². The molecule has 0 aliphatic carbocycles. The van der Waals surface area contributed by atoms with E-state index in [0.29, 0.717) is 109 Å². The lowest BCUT2D eigenvalue weighted by molar-refractivity contribution is -0.146. The Labute approximate surface area is 400 Å². The van der Waals surface area contributed by atoms with Crippen molar-refractivity contribution in [1.82, 2.24) is 23.8 Å². The summed E-state index contributed by atoms with van der Waals surface area (Å²) in [5.74, 6) is -0.511. The van der Waals surface area contributed by atoms with Gasteiger partial charge in [0.2, 0.25) is 5.91 Å². The maximum atomic E-state index is 15.2. The van der Waals surface area contributed by atoms with Crippen molar-refractivity contribution < 1.29 is 32.7 Å². The molecule has 356 valence electrons. The number of nitrogens with zero attached hydrogens (tertiary/aromatic N) is 8. The van der Waals surface area contributed by atoms with Gasteiger partial charge in [-0.2, -0.15) is 18.4 Å². The molecular weight excluding hydrogens is 882 g/mol. The van der Waals surface area contributed by atoms with Gasteiger partial charge in [-0.1, -0.05) is 36.4 Å². The predicted molar refractivity (Wildman–Crippen MR) is 258 cm³/mol. The number of benzene rings is 4. The monoisotopic (exact) mass is 936 g/mol. The molecule has 3 aliphatic rings. The van der Waals surface area contributed by atoms with Crippen LogP contribution in [0.3, 0.4) is 0 Å². The highest BCUT2D eigenvalue weighted by Crippen LogP contribution is 2.38. The van der Waals surface area contributed by atoms with E-state index in [2.05, 4.69) is 36.1 Å². The van der Waals surface area contributed by atoms with Crippen molar-refractivity contribution in [2.45, 2.75) is 65.3 Å². The van der Waals surface area contributed by atoms with E-state index in [1.165, 1.54) is 22.6 Å². The van der Waals surface area contributed by atoms with E-state index in [9.17, 15) is 28.3 Å². The van der Waals surface area contributed by atoms with Gasteiger partial charge in [-0.25, -0.2) is 0 Å². The van der Waals surface area contributed by atoms with Gasteiger partial charge in [0.25, 0.3) is 11.8 Å². The summed E-state index contributed by atoms with van der Waals surface area (Å²) < 4.78 is 42.5. The molecule has 9 rings (SSSR count). The van der Waals surface area contributed by atoms with E-state index in [1.807, 2.05) is 83.8 Å². The van der Waals surface area contributed by atoms with E-state index >= 15 is 9.59 Å². The molecule has 1 saturated heterocycles. The maximum absolute atomic E-state index is 15.2. The fraction of sp³-hybridized carbons (Fsp3) is 0.333. The number of phenolic OH excluding ortho intramolecular Hbond substituents is 1. The third-order valence-corrected chi connectivity index (χ3v) is 14.4. The molecule has 1 fully saturated rings. The Morgan fingerprint density at radius 1 is 0.783 bits per heavy atom. The average Bonchev–Trinajstić information content (AvgIpc) is 3.79. The predicted octanol–water partition coefficient (Wildman–Crippen LogP) is 8.60. The van der Waals surface area contributed by atoms with Crippen LogP contribution in [0, 0.1) is 25.2 Å². The number of fused-ring (bicyclic) bond motifs is 2. The minimum absolute atomic E-state index is 0.0436. The summed E-state index contributed by atoms with van der Waals surface area (Å²) in [6.07, 6.45) is -2.80. The highest BCUT2D eigenvalue weighted by atomic mass is 19.4. The number of hydrogen-bond donors (Lipinski definition) is 1. The molecule has 0 bridgehead atoms. The normalized spacial score (nSPS) is 16.2. The number of aromatic hydroxyl groups is 1. The minimum atomic E-state index is -4.22. The Kier molecular flexibility index (Phi) is 12.6. The SMILES string of the molecule is Cc1c(N(C(=O)c2cc(-c3cc4c(cc3C(=O)N3Cc5ccccc5C[C@H]3C)CN(C(=O)Cc3ccc(N5CCN(CC(F)(F)F)CC5)cc3)CC4)n(C)c2C)c2ccc(O)cc2)cc(C#N)n1C. The molecule has 2 aromatic heterocycles. The molecule has 0 radical (unpaired) electrons. The number of piperazine rings is 1. The van der Waals surface area contributed by atoms with Gasteiger partial charge in [0, 0.05) is 106 Å². The zero-order valence-electron chi connectivity index (χ0n) is 39.5. The van der Waals surface area contributed by atoms with Crippen LogP contribution in [-0.2, 0) is 51.2 Å². The molecule has 69 heavy (non-hydrogen) atoms. The molecule has 12 nitrogen and oxygen atoms in total. The van der Waals surface area contributed by atoms with Crippen molar-refractivity contribution in [2.75, 3.05) is 49.1 Å². The molecule has 1 N–H and O–H groups in total. The van der Waals surface area contributed by atoms with Gasteiger partial charge < -0.3 is 28.9 Å². The Hall–Kier alpha value is -7.31. The number of nitriles is 1. The van der Waals surface area contributed by atoms with Gasteiger partial charge in [0.15, 0.2) is 0 Å². The highest BCUT2D eigenvalue weighted by molar-refractivity contribution is 6.13. The van der Waals surface area contributed by atoms with Crippen molar-refractivity contribution in [3.8, 4) is 23.1 Å². The van der Waals surface area contributed by atoms with Crippen LogP contribution in [0.1, 0.15) is 72.5 Å². The molecule has 6 aromatic rings. The summed E-state index contributed by atoms with van der Waals surface area (Å²) in [5, 5.41) is 20.1. The number of halogens is 3. The third kappa shape index (κ3) is 9.33. The number of phenols is 1.